The molecule has 51 heavy (non-hydrogen) atoms. The van der Waals surface area contributed by atoms with Gasteiger partial charge in [0.15, 0.2) is 0 Å². The van der Waals surface area contributed by atoms with Crippen LogP contribution >= 0.6 is 0 Å². The molecule has 7 aromatic carbocycles. The van der Waals surface area contributed by atoms with Crippen LogP contribution < -0.4 is 0 Å². The molecule has 0 spiro atoms. The standard InChI is InChI=1S/C49H40N2/c1-49(2,3)36-27-34-22-24-40-42(31-18-20-32(21-19-31)44-15-8-9-26-50-44)30-43(41-25-23-35(28-36)47(34)48(40)41)33-11-10-12-37(29-33)51-45-16-6-4-13-38(45)39-14-5-7-17-46(39)51/h4-14,16-22,24,26-30,44H,15,23,25H2,1-3H3. The minimum Gasteiger partial charge on any atom is -0.309 e. The highest BCUT2D eigenvalue weighted by atomic mass is 15.0. The molecule has 1 aliphatic heterocycles. The summed E-state index contributed by atoms with van der Waals surface area (Å²) < 4.78 is 2.44. The second-order valence-electron chi connectivity index (χ2n) is 15.4. The van der Waals surface area contributed by atoms with E-state index in [9.17, 15) is 0 Å². The first-order chi connectivity index (χ1) is 24.9. The maximum absolute atomic E-state index is 4.75. The molecule has 8 aromatic rings. The van der Waals surface area contributed by atoms with E-state index in [1.807, 2.05) is 12.3 Å². The highest BCUT2D eigenvalue weighted by molar-refractivity contribution is 6.18. The molecule has 0 bridgehead atoms. The number of hydrogen-bond acceptors (Lipinski definition) is 1. The van der Waals surface area contributed by atoms with Crippen molar-refractivity contribution in [3.8, 4) is 27.9 Å². The number of aryl methyl sites for hydroxylation is 2. The molecule has 10 rings (SSSR count). The van der Waals surface area contributed by atoms with Crippen LogP contribution in [0.4, 0.5) is 0 Å². The molecular weight excluding hydrogens is 617 g/mol. The molecule has 0 amide bonds. The van der Waals surface area contributed by atoms with E-state index in [0.717, 1.165) is 19.3 Å². The number of rotatable bonds is 4. The average Bonchev–Trinajstić information content (AvgIpc) is 3.51. The second-order valence-corrected chi connectivity index (χ2v) is 15.4. The van der Waals surface area contributed by atoms with Gasteiger partial charge in [-0.1, -0.05) is 124 Å². The maximum atomic E-state index is 4.75. The molecule has 2 aliphatic rings. The fourth-order valence-corrected chi connectivity index (χ4v) is 8.78. The third kappa shape index (κ3) is 4.81. The summed E-state index contributed by atoms with van der Waals surface area (Å²) in [6.45, 7) is 6.99. The molecule has 0 saturated carbocycles. The lowest BCUT2D eigenvalue weighted by atomic mass is 9.77. The summed E-state index contributed by atoms with van der Waals surface area (Å²) in [7, 11) is 0. The van der Waals surface area contributed by atoms with Crippen LogP contribution in [-0.4, -0.2) is 10.8 Å². The summed E-state index contributed by atoms with van der Waals surface area (Å²) in [5.41, 5.74) is 14.5. The summed E-state index contributed by atoms with van der Waals surface area (Å²) in [5.74, 6) is 0. The molecule has 1 aliphatic carbocycles. The third-order valence-electron chi connectivity index (χ3n) is 11.4. The minimum atomic E-state index is 0.0973. The molecule has 2 nitrogen and oxygen atoms in total. The zero-order valence-electron chi connectivity index (χ0n) is 29.4. The van der Waals surface area contributed by atoms with E-state index in [4.69, 9.17) is 4.99 Å². The molecule has 0 radical (unpaired) electrons. The number of aromatic nitrogens is 1. The van der Waals surface area contributed by atoms with Crippen molar-refractivity contribution in [1.29, 1.82) is 0 Å². The van der Waals surface area contributed by atoms with E-state index >= 15 is 0 Å². The number of dihydropyridines is 1. The summed E-state index contributed by atoms with van der Waals surface area (Å²) in [6.07, 6.45) is 9.22. The first kappa shape index (κ1) is 30.1. The van der Waals surface area contributed by atoms with Gasteiger partial charge in [0, 0.05) is 22.7 Å². The number of benzene rings is 7. The Morgan fingerprint density at radius 1 is 0.627 bits per heavy atom. The lowest BCUT2D eigenvalue weighted by Gasteiger charge is -2.27. The van der Waals surface area contributed by atoms with Crippen LogP contribution in [0.5, 0.6) is 0 Å². The molecule has 0 fully saturated rings. The van der Waals surface area contributed by atoms with Gasteiger partial charge in [0.2, 0.25) is 0 Å². The topological polar surface area (TPSA) is 17.3 Å². The van der Waals surface area contributed by atoms with Gasteiger partial charge in [-0.25, -0.2) is 0 Å². The molecule has 0 saturated heterocycles. The van der Waals surface area contributed by atoms with E-state index in [1.165, 1.54) is 93.5 Å². The van der Waals surface area contributed by atoms with E-state index in [-0.39, 0.29) is 11.5 Å². The van der Waals surface area contributed by atoms with Gasteiger partial charge in [0.1, 0.15) is 0 Å². The largest absolute Gasteiger partial charge is 0.309 e. The molecular formula is C49H40N2. The Hall–Kier alpha value is -5.73. The number of fused-ring (bicyclic) bond motifs is 3. The molecule has 246 valence electrons. The second kappa shape index (κ2) is 11.4. The van der Waals surface area contributed by atoms with Crippen LogP contribution in [0.1, 0.15) is 55.5 Å². The third-order valence-corrected chi connectivity index (χ3v) is 11.4. The highest BCUT2D eigenvalue weighted by Gasteiger charge is 2.25. The van der Waals surface area contributed by atoms with Gasteiger partial charge >= 0.3 is 0 Å². The summed E-state index contributed by atoms with van der Waals surface area (Å²) in [6, 6.07) is 48.4. The van der Waals surface area contributed by atoms with Crippen molar-refractivity contribution in [3.63, 3.8) is 0 Å². The van der Waals surface area contributed by atoms with Crippen LogP contribution in [0.2, 0.25) is 0 Å². The van der Waals surface area contributed by atoms with Crippen molar-refractivity contribution in [3.05, 3.63) is 162 Å². The van der Waals surface area contributed by atoms with Gasteiger partial charge in [-0.2, -0.15) is 0 Å². The van der Waals surface area contributed by atoms with Gasteiger partial charge in [-0.3, -0.25) is 4.99 Å². The van der Waals surface area contributed by atoms with E-state index in [0.29, 0.717) is 0 Å². The summed E-state index contributed by atoms with van der Waals surface area (Å²) in [5, 5.41) is 8.13. The van der Waals surface area contributed by atoms with E-state index < -0.39 is 0 Å². The number of aliphatic imine (C=N–C) groups is 1. The van der Waals surface area contributed by atoms with Crippen molar-refractivity contribution in [2.24, 2.45) is 4.99 Å². The van der Waals surface area contributed by atoms with Crippen LogP contribution in [-0.2, 0) is 18.3 Å². The Morgan fingerprint density at radius 3 is 2.12 bits per heavy atom. The monoisotopic (exact) mass is 656 g/mol. The van der Waals surface area contributed by atoms with Gasteiger partial charge in [-0.15, -0.1) is 0 Å². The van der Waals surface area contributed by atoms with Crippen molar-refractivity contribution in [2.45, 2.75) is 51.5 Å². The minimum absolute atomic E-state index is 0.0973. The average molecular weight is 657 g/mol. The SMILES string of the molecule is CC(C)(C)c1cc2c3c(ccc4c(-c5ccc(C6CC=CC=N6)cc5)cc(-c5cccc(-n6c7ccccc7c7ccccc76)c5)c(c43)CC2)c1. The number of hydrogen-bond donors (Lipinski definition) is 0. The fraction of sp³-hybridized carbons (Fsp3) is 0.163. The van der Waals surface area contributed by atoms with Crippen molar-refractivity contribution in [1.82, 2.24) is 4.57 Å². The lowest BCUT2D eigenvalue weighted by Crippen LogP contribution is -2.13. The fourth-order valence-electron chi connectivity index (χ4n) is 8.78. The summed E-state index contributed by atoms with van der Waals surface area (Å²) in [4.78, 5) is 4.75. The van der Waals surface area contributed by atoms with Crippen molar-refractivity contribution >= 4 is 49.6 Å². The first-order valence-electron chi connectivity index (χ1n) is 18.4. The van der Waals surface area contributed by atoms with Crippen LogP contribution in [0, 0.1) is 0 Å². The van der Waals surface area contributed by atoms with Gasteiger partial charge in [0.25, 0.3) is 0 Å². The molecule has 2 heterocycles. The van der Waals surface area contributed by atoms with E-state index in [2.05, 4.69) is 159 Å². The molecule has 1 aromatic heterocycles. The quantitative estimate of drug-likeness (QED) is 0.168. The Balaban J connectivity index is 1.22. The van der Waals surface area contributed by atoms with Crippen molar-refractivity contribution < 1.29 is 0 Å². The van der Waals surface area contributed by atoms with E-state index in [1.54, 1.807) is 0 Å². The molecule has 0 N–H and O–H groups in total. The van der Waals surface area contributed by atoms with Crippen LogP contribution in [0.3, 0.4) is 0 Å². The smallest absolute Gasteiger partial charge is 0.0783 e. The van der Waals surface area contributed by atoms with Crippen LogP contribution in [0.25, 0.3) is 71.3 Å². The maximum Gasteiger partial charge on any atom is 0.0783 e. The van der Waals surface area contributed by atoms with Gasteiger partial charge in [-0.05, 0) is 127 Å². The Kier molecular flexibility index (Phi) is 6.73. The zero-order chi connectivity index (χ0) is 34.3. The van der Waals surface area contributed by atoms with Crippen molar-refractivity contribution in [2.75, 3.05) is 0 Å². The molecule has 1 atom stereocenters. The molecule has 2 heteroatoms. The van der Waals surface area contributed by atoms with Crippen LogP contribution in [0.15, 0.2) is 145 Å². The number of nitrogens with zero attached hydrogens (tertiary/aromatic N) is 2. The Morgan fingerprint density at radius 2 is 1.39 bits per heavy atom. The zero-order valence-corrected chi connectivity index (χ0v) is 29.4. The van der Waals surface area contributed by atoms with Gasteiger partial charge in [0.05, 0.1) is 17.1 Å². The number of para-hydroxylation sites is 2. The summed E-state index contributed by atoms with van der Waals surface area (Å²) >= 11 is 0. The lowest BCUT2D eigenvalue weighted by molar-refractivity contribution is 0.590. The Labute approximate surface area is 299 Å². The predicted molar refractivity (Wildman–Crippen MR) is 218 cm³/mol. The normalized spacial score (nSPS) is 15.5. The Bertz CT molecular complexity index is 2700. The predicted octanol–water partition coefficient (Wildman–Crippen LogP) is 12.9. The first-order valence-corrected chi connectivity index (χ1v) is 18.4. The van der Waals surface area contributed by atoms with Gasteiger partial charge < -0.3 is 4.57 Å². The molecule has 1 unspecified atom stereocenters. The highest BCUT2D eigenvalue weighted by Crippen LogP contribution is 2.46. The number of allylic oxidation sites excluding steroid dienone is 1.